The van der Waals surface area contributed by atoms with Gasteiger partial charge in [0, 0.05) is 5.88 Å². The molecule has 1 rings (SSSR count). The van der Waals surface area contributed by atoms with E-state index in [0.717, 1.165) is 5.56 Å². The van der Waals surface area contributed by atoms with E-state index < -0.39 is 5.24 Å². The molecule has 4 heteroatoms. The van der Waals surface area contributed by atoms with Crippen LogP contribution < -0.4 is 0 Å². The summed E-state index contributed by atoms with van der Waals surface area (Å²) in [4.78, 5) is 21.3. The zero-order valence-electron chi connectivity index (χ0n) is 7.09. The fourth-order valence-corrected chi connectivity index (χ4v) is 1.34. The Morgan fingerprint density at radius 2 is 2.14 bits per heavy atom. The van der Waals surface area contributed by atoms with Crippen LogP contribution >= 0.6 is 23.2 Å². The Bertz CT molecular complexity index is 406. The van der Waals surface area contributed by atoms with Crippen LogP contribution in [0, 0.1) is 0 Å². The molecule has 0 aliphatic rings. The Balaban J connectivity index is 3.18. The van der Waals surface area contributed by atoms with Gasteiger partial charge >= 0.3 is 0 Å². The monoisotopic (exact) mass is 228 g/mol. The van der Waals surface area contributed by atoms with Gasteiger partial charge in [0.2, 0.25) is 0 Å². The van der Waals surface area contributed by atoms with Crippen LogP contribution in [-0.2, 0) is 15.5 Å². The van der Waals surface area contributed by atoms with Crippen LogP contribution in [0.5, 0.6) is 0 Å². The van der Waals surface area contributed by atoms with E-state index in [9.17, 15) is 9.59 Å². The first-order valence-corrected chi connectivity index (χ1v) is 4.70. The third-order valence-corrected chi connectivity index (χ3v) is 2.17. The van der Waals surface area contributed by atoms with Gasteiger partial charge < -0.3 is 0 Å². The van der Waals surface area contributed by atoms with Gasteiger partial charge in [-0.15, -0.1) is 11.6 Å². The molecule has 1 aromatic rings. The van der Waals surface area contributed by atoms with Gasteiger partial charge in [-0.05, 0) is 28.8 Å². The van der Waals surface area contributed by atoms with Crippen molar-refractivity contribution >= 4 is 40.0 Å². The van der Waals surface area contributed by atoms with Crippen molar-refractivity contribution in [3.63, 3.8) is 0 Å². The maximum Gasteiger partial charge on any atom is 0.264 e. The van der Waals surface area contributed by atoms with Crippen LogP contribution in [0.1, 0.15) is 11.1 Å². The van der Waals surface area contributed by atoms with E-state index in [4.69, 9.17) is 23.2 Å². The second-order valence-corrected chi connectivity index (χ2v) is 3.20. The third-order valence-electron chi connectivity index (χ3n) is 1.67. The molecule has 0 fully saturated rings. The molecule has 0 amide bonds. The van der Waals surface area contributed by atoms with E-state index in [-0.39, 0.29) is 5.57 Å². The second kappa shape index (κ2) is 4.97. The van der Waals surface area contributed by atoms with Gasteiger partial charge in [-0.1, -0.05) is 18.2 Å². The SMILES string of the molecule is O=C=C(C(=O)Cl)c1cccc(CCl)c1. The molecule has 14 heavy (non-hydrogen) atoms. The lowest BCUT2D eigenvalue weighted by atomic mass is 10.1. The zero-order valence-corrected chi connectivity index (χ0v) is 8.60. The lowest BCUT2D eigenvalue weighted by Gasteiger charge is -2.00. The lowest BCUT2D eigenvalue weighted by molar-refractivity contribution is -0.106. The number of carbonyl (C=O) groups is 1. The molecule has 0 aromatic heterocycles. The van der Waals surface area contributed by atoms with Crippen LogP contribution in [0.15, 0.2) is 24.3 Å². The number of allylic oxidation sites excluding steroid dienone is 1. The highest BCUT2D eigenvalue weighted by Crippen LogP contribution is 2.16. The van der Waals surface area contributed by atoms with Crippen molar-refractivity contribution in [2.75, 3.05) is 0 Å². The number of halogens is 2. The molecular formula is C10H6Cl2O2. The topological polar surface area (TPSA) is 34.1 Å². The molecule has 0 aliphatic heterocycles. The quantitative estimate of drug-likeness (QED) is 0.345. The van der Waals surface area contributed by atoms with E-state index in [1.165, 1.54) is 5.94 Å². The zero-order chi connectivity index (χ0) is 10.6. The summed E-state index contributed by atoms with van der Waals surface area (Å²) in [5.74, 6) is 1.83. The number of rotatable bonds is 3. The van der Waals surface area contributed by atoms with Gasteiger partial charge in [-0.3, -0.25) is 4.79 Å². The molecule has 0 atom stereocenters. The molecule has 72 valence electrons. The summed E-state index contributed by atoms with van der Waals surface area (Å²) < 4.78 is 0. The van der Waals surface area contributed by atoms with Gasteiger partial charge in [0.25, 0.3) is 5.24 Å². The van der Waals surface area contributed by atoms with Crippen molar-refractivity contribution in [2.45, 2.75) is 5.88 Å². The summed E-state index contributed by atoms with van der Waals surface area (Å²) in [6, 6.07) is 6.73. The lowest BCUT2D eigenvalue weighted by Crippen LogP contribution is -1.94. The molecule has 0 saturated carbocycles. The number of alkyl halides is 1. The molecule has 0 bridgehead atoms. The number of hydrogen-bond acceptors (Lipinski definition) is 2. The Morgan fingerprint density at radius 3 is 2.64 bits per heavy atom. The van der Waals surface area contributed by atoms with Crippen molar-refractivity contribution in [1.29, 1.82) is 0 Å². The smallest absolute Gasteiger partial charge is 0.264 e. The molecule has 0 unspecified atom stereocenters. The predicted octanol–water partition coefficient (Wildman–Crippen LogP) is 2.41. The summed E-state index contributed by atoms with van der Waals surface area (Å²) in [6.07, 6.45) is 0. The largest absolute Gasteiger partial charge is 0.275 e. The average Bonchev–Trinajstić information content (AvgIpc) is 2.19. The van der Waals surface area contributed by atoms with Crippen molar-refractivity contribution < 1.29 is 9.59 Å². The Kier molecular flexibility index (Phi) is 3.90. The first kappa shape index (κ1) is 11.0. The summed E-state index contributed by atoms with van der Waals surface area (Å²) in [5.41, 5.74) is 1.09. The van der Waals surface area contributed by atoms with Crippen molar-refractivity contribution in [3.8, 4) is 0 Å². The van der Waals surface area contributed by atoms with Gasteiger partial charge in [-0.2, -0.15) is 0 Å². The minimum absolute atomic E-state index is 0.168. The fraction of sp³-hybridized carbons (Fsp3) is 0.100. The first-order chi connectivity index (χ1) is 6.69. The van der Waals surface area contributed by atoms with Crippen molar-refractivity contribution in [2.24, 2.45) is 0 Å². The van der Waals surface area contributed by atoms with Gasteiger partial charge in [0.1, 0.15) is 11.5 Å². The van der Waals surface area contributed by atoms with Gasteiger partial charge in [-0.25, -0.2) is 4.79 Å². The molecular weight excluding hydrogens is 223 g/mol. The van der Waals surface area contributed by atoms with Crippen LogP contribution in [0.3, 0.4) is 0 Å². The highest BCUT2D eigenvalue weighted by molar-refractivity contribution is 6.75. The molecule has 0 radical (unpaired) electrons. The van der Waals surface area contributed by atoms with Crippen molar-refractivity contribution in [1.82, 2.24) is 0 Å². The maximum atomic E-state index is 10.8. The Hall–Kier alpha value is -1.08. The minimum atomic E-state index is -0.813. The molecule has 2 nitrogen and oxygen atoms in total. The average molecular weight is 229 g/mol. The van der Waals surface area contributed by atoms with Crippen LogP contribution in [0.25, 0.3) is 5.57 Å². The first-order valence-electron chi connectivity index (χ1n) is 3.79. The standard InChI is InChI=1S/C10H6Cl2O2/c11-5-7-2-1-3-8(4-7)9(6-13)10(12)14/h1-4H,5H2. The van der Waals surface area contributed by atoms with Gasteiger partial charge in [0.15, 0.2) is 0 Å². The van der Waals surface area contributed by atoms with E-state index in [0.29, 0.717) is 11.4 Å². The minimum Gasteiger partial charge on any atom is -0.275 e. The summed E-state index contributed by atoms with van der Waals surface area (Å²) in [5, 5.41) is -0.813. The maximum absolute atomic E-state index is 10.8. The summed E-state index contributed by atoms with van der Waals surface area (Å²) >= 11 is 10.8. The normalized spacial score (nSPS) is 9.29. The predicted molar refractivity (Wildman–Crippen MR) is 56.0 cm³/mol. The highest BCUT2D eigenvalue weighted by Gasteiger charge is 2.10. The van der Waals surface area contributed by atoms with Crippen LogP contribution in [0.2, 0.25) is 0 Å². The highest BCUT2D eigenvalue weighted by atomic mass is 35.5. The van der Waals surface area contributed by atoms with Crippen LogP contribution in [0.4, 0.5) is 0 Å². The molecule has 0 aliphatic carbocycles. The molecule has 0 spiro atoms. The summed E-state index contributed by atoms with van der Waals surface area (Å²) in [6.45, 7) is 0. The van der Waals surface area contributed by atoms with E-state index in [1.54, 1.807) is 24.3 Å². The van der Waals surface area contributed by atoms with Crippen molar-refractivity contribution in [3.05, 3.63) is 35.4 Å². The summed E-state index contributed by atoms with van der Waals surface area (Å²) in [7, 11) is 0. The molecule has 0 heterocycles. The fourth-order valence-electron chi connectivity index (χ4n) is 1.02. The molecule has 1 aromatic carbocycles. The Labute approximate surface area is 91.1 Å². The van der Waals surface area contributed by atoms with E-state index in [1.807, 2.05) is 0 Å². The van der Waals surface area contributed by atoms with E-state index >= 15 is 0 Å². The van der Waals surface area contributed by atoms with Crippen LogP contribution in [-0.4, -0.2) is 11.2 Å². The molecule has 0 saturated heterocycles. The van der Waals surface area contributed by atoms with Gasteiger partial charge in [0.05, 0.1) is 0 Å². The Morgan fingerprint density at radius 1 is 1.43 bits per heavy atom. The number of carbonyl (C=O) groups excluding carboxylic acids is 2. The second-order valence-electron chi connectivity index (χ2n) is 2.58. The van der Waals surface area contributed by atoms with E-state index in [2.05, 4.69) is 0 Å². The third kappa shape index (κ3) is 2.46. The molecule has 0 N–H and O–H groups in total. The number of hydrogen-bond donors (Lipinski definition) is 0. The number of benzene rings is 1.